The Morgan fingerprint density at radius 1 is 1.12 bits per heavy atom. The van der Waals surface area contributed by atoms with Crippen molar-refractivity contribution < 1.29 is 28.6 Å². The van der Waals surface area contributed by atoms with Gasteiger partial charge in [0.2, 0.25) is 0 Å². The predicted octanol–water partition coefficient (Wildman–Crippen LogP) is -0.150. The van der Waals surface area contributed by atoms with Crippen molar-refractivity contribution in [3.05, 3.63) is 11.8 Å². The van der Waals surface area contributed by atoms with Crippen LogP contribution >= 0.6 is 0 Å². The van der Waals surface area contributed by atoms with Gasteiger partial charge in [0.05, 0.1) is 26.9 Å². The maximum atomic E-state index is 11.2. The molecule has 94 valence electrons. The minimum Gasteiger partial charge on any atom is -0.466 e. The Morgan fingerprint density at radius 3 is 2.24 bits per heavy atom. The number of nitrogens with zero attached hydrogens (tertiary/aromatic N) is 1. The second kappa shape index (κ2) is 8.03. The van der Waals surface area contributed by atoms with Crippen LogP contribution in [-0.2, 0) is 28.6 Å². The van der Waals surface area contributed by atoms with E-state index in [2.05, 4.69) is 19.2 Å². The van der Waals surface area contributed by atoms with Crippen LogP contribution in [0.3, 0.4) is 0 Å². The molecule has 0 atom stereocenters. The summed E-state index contributed by atoms with van der Waals surface area (Å²) in [6.07, 6.45) is 1.58. The zero-order valence-corrected chi connectivity index (χ0v) is 9.76. The standard InChI is InChI=1S/C10H13NO6/c1-4-17-9(13)6-11-7(10(14)16-3)5-8(12)15-2/h5-6H,4H2,1-3H3/b7-5-,11-6?. The molecule has 0 bridgehead atoms. The van der Waals surface area contributed by atoms with E-state index in [0.29, 0.717) is 0 Å². The van der Waals surface area contributed by atoms with Gasteiger partial charge in [-0.25, -0.2) is 19.4 Å². The highest BCUT2D eigenvalue weighted by Crippen LogP contribution is 2.00. The molecule has 0 fully saturated rings. The van der Waals surface area contributed by atoms with E-state index in [1.807, 2.05) is 0 Å². The van der Waals surface area contributed by atoms with Crippen molar-refractivity contribution in [2.75, 3.05) is 20.8 Å². The minimum absolute atomic E-state index is 0.180. The van der Waals surface area contributed by atoms with Crippen LogP contribution in [0.5, 0.6) is 0 Å². The summed E-state index contributed by atoms with van der Waals surface area (Å²) in [5.74, 6) is -2.38. The van der Waals surface area contributed by atoms with Gasteiger partial charge in [0, 0.05) is 0 Å². The number of ether oxygens (including phenoxy) is 3. The lowest BCUT2D eigenvalue weighted by Crippen LogP contribution is -2.10. The Bertz CT molecular complexity index is 358. The molecule has 0 spiro atoms. The van der Waals surface area contributed by atoms with Gasteiger partial charge in [0.25, 0.3) is 0 Å². The number of aliphatic imine (C=N–C) groups is 1. The topological polar surface area (TPSA) is 91.3 Å². The molecule has 0 rings (SSSR count). The molecule has 0 aromatic rings. The first-order valence-electron chi connectivity index (χ1n) is 4.63. The zero-order valence-electron chi connectivity index (χ0n) is 9.76. The smallest absolute Gasteiger partial charge is 0.356 e. The molecule has 0 heterocycles. The van der Waals surface area contributed by atoms with Gasteiger partial charge < -0.3 is 14.2 Å². The van der Waals surface area contributed by atoms with E-state index in [0.717, 1.165) is 26.5 Å². The molecule has 0 aliphatic carbocycles. The summed E-state index contributed by atoms with van der Waals surface area (Å²) in [7, 11) is 2.26. The second-order valence-corrected chi connectivity index (χ2v) is 2.55. The van der Waals surface area contributed by atoms with Crippen LogP contribution in [-0.4, -0.2) is 44.9 Å². The maximum absolute atomic E-state index is 11.2. The van der Waals surface area contributed by atoms with E-state index in [1.165, 1.54) is 0 Å². The van der Waals surface area contributed by atoms with Gasteiger partial charge in [-0.3, -0.25) is 0 Å². The lowest BCUT2D eigenvalue weighted by atomic mass is 10.4. The lowest BCUT2D eigenvalue weighted by Gasteiger charge is -1.99. The van der Waals surface area contributed by atoms with Gasteiger partial charge in [0.15, 0.2) is 5.70 Å². The molecule has 0 aliphatic rings. The van der Waals surface area contributed by atoms with Crippen LogP contribution < -0.4 is 0 Å². The first-order valence-corrected chi connectivity index (χ1v) is 4.63. The molecule has 0 aliphatic heterocycles. The normalized spacial score (nSPS) is 11.1. The molecule has 0 aromatic carbocycles. The summed E-state index contributed by atoms with van der Waals surface area (Å²) >= 11 is 0. The molecular weight excluding hydrogens is 230 g/mol. The van der Waals surface area contributed by atoms with Crippen molar-refractivity contribution in [1.29, 1.82) is 0 Å². The Hall–Kier alpha value is -2.18. The first-order chi connectivity index (χ1) is 8.04. The van der Waals surface area contributed by atoms with E-state index in [9.17, 15) is 14.4 Å². The lowest BCUT2D eigenvalue weighted by molar-refractivity contribution is -0.138. The number of esters is 3. The molecular formula is C10H13NO6. The van der Waals surface area contributed by atoms with Crippen LogP contribution in [0.2, 0.25) is 0 Å². The minimum atomic E-state index is -0.865. The van der Waals surface area contributed by atoms with Crippen molar-refractivity contribution >= 4 is 24.1 Å². The molecule has 7 heteroatoms. The van der Waals surface area contributed by atoms with Crippen LogP contribution in [0.25, 0.3) is 0 Å². The highest BCUT2D eigenvalue weighted by molar-refractivity contribution is 6.24. The molecule has 0 N–H and O–H groups in total. The molecule has 7 nitrogen and oxygen atoms in total. The molecule has 0 aromatic heterocycles. The Morgan fingerprint density at radius 2 is 1.76 bits per heavy atom. The zero-order chi connectivity index (χ0) is 13.3. The molecule has 0 saturated carbocycles. The molecule has 0 saturated heterocycles. The molecule has 0 radical (unpaired) electrons. The Labute approximate surface area is 98.1 Å². The fourth-order valence-electron chi connectivity index (χ4n) is 0.726. The summed E-state index contributed by atoms with van der Waals surface area (Å²) < 4.78 is 13.2. The van der Waals surface area contributed by atoms with Crippen LogP contribution in [0, 0.1) is 0 Å². The fourth-order valence-corrected chi connectivity index (χ4v) is 0.726. The molecule has 0 amide bonds. The van der Waals surface area contributed by atoms with Crippen LogP contribution in [0.4, 0.5) is 0 Å². The summed E-state index contributed by atoms with van der Waals surface area (Å²) in [4.78, 5) is 36.5. The van der Waals surface area contributed by atoms with Crippen molar-refractivity contribution in [2.45, 2.75) is 6.92 Å². The quantitative estimate of drug-likeness (QED) is 0.288. The van der Waals surface area contributed by atoms with Gasteiger partial charge in [-0.1, -0.05) is 0 Å². The van der Waals surface area contributed by atoms with E-state index in [-0.39, 0.29) is 12.3 Å². The average molecular weight is 243 g/mol. The maximum Gasteiger partial charge on any atom is 0.356 e. The number of methoxy groups -OCH3 is 2. The van der Waals surface area contributed by atoms with Crippen LogP contribution in [0.1, 0.15) is 6.92 Å². The van der Waals surface area contributed by atoms with E-state index in [4.69, 9.17) is 0 Å². The third kappa shape index (κ3) is 6.08. The monoisotopic (exact) mass is 243 g/mol. The fraction of sp³-hybridized carbons (Fsp3) is 0.400. The van der Waals surface area contributed by atoms with E-state index in [1.54, 1.807) is 6.92 Å². The van der Waals surface area contributed by atoms with E-state index >= 15 is 0 Å². The summed E-state index contributed by atoms with van der Waals surface area (Å²) in [6.45, 7) is 1.80. The SMILES string of the molecule is CCOC(=O)C=N/C(=C\C(=O)OC)C(=O)OC. The van der Waals surface area contributed by atoms with Gasteiger partial charge >= 0.3 is 17.9 Å². The van der Waals surface area contributed by atoms with Gasteiger partial charge in [0.1, 0.15) is 6.21 Å². The molecule has 17 heavy (non-hydrogen) atoms. The third-order valence-electron chi connectivity index (χ3n) is 1.45. The van der Waals surface area contributed by atoms with Crippen LogP contribution in [0.15, 0.2) is 16.8 Å². The number of hydrogen-bond donors (Lipinski definition) is 0. The highest BCUT2D eigenvalue weighted by Gasteiger charge is 2.11. The summed E-state index contributed by atoms with van der Waals surface area (Å²) in [6, 6.07) is 0. The van der Waals surface area contributed by atoms with Crippen molar-refractivity contribution in [1.82, 2.24) is 0 Å². The van der Waals surface area contributed by atoms with Crippen molar-refractivity contribution in [2.24, 2.45) is 4.99 Å². The average Bonchev–Trinajstić information content (AvgIpc) is 2.33. The third-order valence-corrected chi connectivity index (χ3v) is 1.45. The largest absolute Gasteiger partial charge is 0.466 e. The Balaban J connectivity index is 4.84. The predicted molar refractivity (Wildman–Crippen MR) is 57.2 cm³/mol. The Kier molecular flexibility index (Phi) is 7.00. The number of hydrogen-bond acceptors (Lipinski definition) is 7. The highest BCUT2D eigenvalue weighted by atomic mass is 16.5. The van der Waals surface area contributed by atoms with Gasteiger partial charge in [-0.2, -0.15) is 0 Å². The second-order valence-electron chi connectivity index (χ2n) is 2.55. The number of carbonyl (C=O) groups is 3. The summed E-state index contributed by atoms with van der Waals surface area (Å²) in [5.41, 5.74) is -0.354. The van der Waals surface area contributed by atoms with Crippen molar-refractivity contribution in [3.8, 4) is 0 Å². The summed E-state index contributed by atoms with van der Waals surface area (Å²) in [5, 5.41) is 0. The molecule has 0 unspecified atom stereocenters. The number of rotatable bonds is 5. The van der Waals surface area contributed by atoms with Gasteiger partial charge in [-0.15, -0.1) is 0 Å². The van der Waals surface area contributed by atoms with Crippen molar-refractivity contribution in [3.63, 3.8) is 0 Å². The van der Waals surface area contributed by atoms with E-state index < -0.39 is 17.9 Å². The first kappa shape index (κ1) is 14.8. The number of carbonyl (C=O) groups excluding carboxylic acids is 3. The van der Waals surface area contributed by atoms with Gasteiger partial charge in [-0.05, 0) is 6.92 Å².